The van der Waals surface area contributed by atoms with Crippen LogP contribution in [0.4, 0.5) is 11.4 Å². The number of nitrogens with one attached hydrogen (secondary N) is 2. The number of hydrogen-bond donors (Lipinski definition) is 3. The first kappa shape index (κ1) is 15.1. The molecule has 1 heterocycles. The molecule has 0 radical (unpaired) electrons. The number of carbonyl (C=O) groups excluding carboxylic acids is 1. The number of fused-ring (bicyclic) bond motifs is 1. The highest BCUT2D eigenvalue weighted by molar-refractivity contribution is 7.80. The van der Waals surface area contributed by atoms with E-state index in [-0.39, 0.29) is 0 Å². The average Bonchev–Trinajstić information content (AvgIpc) is 2.55. The highest BCUT2D eigenvalue weighted by atomic mass is 32.1. The van der Waals surface area contributed by atoms with Crippen molar-refractivity contribution in [2.45, 2.75) is 0 Å². The standard InChI is InChI=1S/C16H15N3O3S/c17-15(20)10-2-1-3-11(8-10)18-16(23)19-12-4-5-13-14(9-12)22-7-6-21-13/h1-5,8-9H,6-7H2,(H2,17,20)(H2,18,19,23). The number of hydrogen-bond acceptors (Lipinski definition) is 4. The maximum atomic E-state index is 11.2. The van der Waals surface area contributed by atoms with Gasteiger partial charge in [-0.15, -0.1) is 0 Å². The van der Waals surface area contributed by atoms with Gasteiger partial charge in [0.2, 0.25) is 5.91 Å². The molecule has 0 unspecified atom stereocenters. The molecule has 0 spiro atoms. The number of amides is 1. The lowest BCUT2D eigenvalue weighted by Gasteiger charge is -2.19. The number of anilines is 2. The van der Waals surface area contributed by atoms with Crippen molar-refractivity contribution in [3.05, 3.63) is 48.0 Å². The molecule has 0 fully saturated rings. The molecule has 3 rings (SSSR count). The number of benzene rings is 2. The van der Waals surface area contributed by atoms with Crippen LogP contribution in [-0.2, 0) is 0 Å². The molecule has 0 aliphatic carbocycles. The van der Waals surface area contributed by atoms with Crippen LogP contribution in [0.15, 0.2) is 42.5 Å². The minimum absolute atomic E-state index is 0.392. The van der Waals surface area contributed by atoms with Gasteiger partial charge in [0.05, 0.1) is 0 Å². The predicted molar refractivity (Wildman–Crippen MR) is 92.2 cm³/mol. The summed E-state index contributed by atoms with van der Waals surface area (Å²) in [4.78, 5) is 11.2. The van der Waals surface area contributed by atoms with E-state index in [0.29, 0.717) is 35.3 Å². The molecule has 6 nitrogen and oxygen atoms in total. The Bertz CT molecular complexity index is 764. The lowest BCUT2D eigenvalue weighted by atomic mass is 10.2. The molecule has 2 aromatic rings. The van der Waals surface area contributed by atoms with Crippen LogP contribution in [0.2, 0.25) is 0 Å². The first-order valence-electron chi connectivity index (χ1n) is 6.99. The van der Waals surface area contributed by atoms with Crippen LogP contribution >= 0.6 is 12.2 Å². The molecule has 2 aromatic carbocycles. The number of ether oxygens (including phenoxy) is 2. The van der Waals surface area contributed by atoms with Crippen molar-refractivity contribution in [1.29, 1.82) is 0 Å². The first-order chi connectivity index (χ1) is 11.1. The fraction of sp³-hybridized carbons (Fsp3) is 0.125. The Labute approximate surface area is 138 Å². The highest BCUT2D eigenvalue weighted by Crippen LogP contribution is 2.32. The maximum Gasteiger partial charge on any atom is 0.248 e. The number of carbonyl (C=O) groups is 1. The Hall–Kier alpha value is -2.80. The molecule has 0 saturated heterocycles. The lowest BCUT2D eigenvalue weighted by Crippen LogP contribution is -2.20. The van der Waals surface area contributed by atoms with Gasteiger partial charge < -0.3 is 25.8 Å². The van der Waals surface area contributed by atoms with Crippen LogP contribution in [0.3, 0.4) is 0 Å². The Morgan fingerprint density at radius 1 is 1.00 bits per heavy atom. The van der Waals surface area contributed by atoms with Gasteiger partial charge in [0, 0.05) is 23.0 Å². The minimum Gasteiger partial charge on any atom is -0.486 e. The molecule has 7 heteroatoms. The van der Waals surface area contributed by atoms with Gasteiger partial charge in [-0.25, -0.2) is 0 Å². The van der Waals surface area contributed by atoms with Gasteiger partial charge in [0.25, 0.3) is 0 Å². The summed E-state index contributed by atoms with van der Waals surface area (Å²) in [5, 5.41) is 6.46. The monoisotopic (exact) mass is 329 g/mol. The molecule has 0 atom stereocenters. The minimum atomic E-state index is -0.487. The second kappa shape index (κ2) is 6.53. The zero-order valence-corrected chi connectivity index (χ0v) is 13.0. The van der Waals surface area contributed by atoms with Crippen LogP contribution in [0.1, 0.15) is 10.4 Å². The van der Waals surface area contributed by atoms with E-state index < -0.39 is 5.91 Å². The first-order valence-corrected chi connectivity index (χ1v) is 7.40. The molecular formula is C16H15N3O3S. The Balaban J connectivity index is 1.67. The van der Waals surface area contributed by atoms with Crippen LogP contribution in [0, 0.1) is 0 Å². The van der Waals surface area contributed by atoms with E-state index in [0.717, 1.165) is 11.4 Å². The predicted octanol–water partition coefficient (Wildman–Crippen LogP) is 2.37. The molecule has 23 heavy (non-hydrogen) atoms. The third-order valence-corrected chi connectivity index (χ3v) is 3.41. The van der Waals surface area contributed by atoms with Crippen molar-refractivity contribution in [2.24, 2.45) is 5.73 Å². The van der Waals surface area contributed by atoms with Gasteiger partial charge in [0.1, 0.15) is 13.2 Å². The highest BCUT2D eigenvalue weighted by Gasteiger charge is 2.12. The largest absolute Gasteiger partial charge is 0.486 e. The fourth-order valence-electron chi connectivity index (χ4n) is 2.16. The van der Waals surface area contributed by atoms with Crippen LogP contribution in [-0.4, -0.2) is 24.2 Å². The van der Waals surface area contributed by atoms with E-state index in [1.807, 2.05) is 18.2 Å². The van der Waals surface area contributed by atoms with Crippen LogP contribution in [0.25, 0.3) is 0 Å². The van der Waals surface area contributed by atoms with Gasteiger partial charge >= 0.3 is 0 Å². The van der Waals surface area contributed by atoms with Crippen molar-refractivity contribution in [1.82, 2.24) is 0 Å². The van der Waals surface area contributed by atoms with Crippen molar-refractivity contribution >= 4 is 34.6 Å². The van der Waals surface area contributed by atoms with Crippen molar-refractivity contribution in [3.8, 4) is 11.5 Å². The number of primary amides is 1. The Morgan fingerprint density at radius 2 is 1.70 bits per heavy atom. The van der Waals surface area contributed by atoms with E-state index in [9.17, 15) is 4.79 Å². The third kappa shape index (κ3) is 3.70. The molecule has 118 valence electrons. The van der Waals surface area contributed by atoms with Gasteiger partial charge in [-0.05, 0) is 42.5 Å². The van der Waals surface area contributed by atoms with Gasteiger partial charge in [0.15, 0.2) is 16.6 Å². The Kier molecular flexibility index (Phi) is 4.29. The number of nitrogens with two attached hydrogens (primary N) is 1. The zero-order valence-electron chi connectivity index (χ0n) is 12.2. The van der Waals surface area contributed by atoms with Crippen molar-refractivity contribution in [3.63, 3.8) is 0 Å². The smallest absolute Gasteiger partial charge is 0.248 e. The van der Waals surface area contributed by atoms with E-state index in [1.165, 1.54) is 0 Å². The lowest BCUT2D eigenvalue weighted by molar-refractivity contribution is 0.100. The van der Waals surface area contributed by atoms with Gasteiger partial charge in [-0.2, -0.15) is 0 Å². The second-order valence-electron chi connectivity index (χ2n) is 4.88. The molecule has 0 saturated carbocycles. The van der Waals surface area contributed by atoms with E-state index >= 15 is 0 Å². The summed E-state index contributed by atoms with van der Waals surface area (Å²) >= 11 is 5.27. The molecule has 1 amide bonds. The summed E-state index contributed by atoms with van der Waals surface area (Å²) in [5.74, 6) is 0.911. The summed E-state index contributed by atoms with van der Waals surface area (Å²) in [6, 6.07) is 12.3. The number of rotatable bonds is 3. The van der Waals surface area contributed by atoms with Crippen molar-refractivity contribution in [2.75, 3.05) is 23.8 Å². The van der Waals surface area contributed by atoms with Gasteiger partial charge in [-0.1, -0.05) is 6.07 Å². The molecule has 1 aliphatic rings. The quantitative estimate of drug-likeness (QED) is 0.750. The molecule has 4 N–H and O–H groups in total. The molecule has 0 bridgehead atoms. The maximum absolute atomic E-state index is 11.2. The molecule has 0 aromatic heterocycles. The third-order valence-electron chi connectivity index (χ3n) is 3.21. The SMILES string of the molecule is NC(=O)c1cccc(NC(=S)Nc2ccc3c(c2)OCCO3)c1. The number of thiocarbonyl (C=S) groups is 1. The van der Waals surface area contributed by atoms with E-state index in [2.05, 4.69) is 10.6 Å². The van der Waals surface area contributed by atoms with Gasteiger partial charge in [-0.3, -0.25) is 4.79 Å². The molecule has 1 aliphatic heterocycles. The van der Waals surface area contributed by atoms with Crippen molar-refractivity contribution < 1.29 is 14.3 Å². The summed E-state index contributed by atoms with van der Waals surface area (Å²) in [5.41, 5.74) is 7.13. The zero-order chi connectivity index (χ0) is 16.2. The van der Waals surface area contributed by atoms with E-state index in [1.54, 1.807) is 24.3 Å². The van der Waals surface area contributed by atoms with Crippen LogP contribution in [0.5, 0.6) is 11.5 Å². The average molecular weight is 329 g/mol. The summed E-state index contributed by atoms with van der Waals surface area (Å²) in [6.45, 7) is 1.08. The molecular weight excluding hydrogens is 314 g/mol. The summed E-state index contributed by atoms with van der Waals surface area (Å²) in [7, 11) is 0. The summed E-state index contributed by atoms with van der Waals surface area (Å²) < 4.78 is 11.0. The second-order valence-corrected chi connectivity index (χ2v) is 5.29. The normalized spacial score (nSPS) is 12.3. The van der Waals surface area contributed by atoms with Crippen LogP contribution < -0.4 is 25.8 Å². The summed E-state index contributed by atoms with van der Waals surface area (Å²) in [6.07, 6.45) is 0. The van der Waals surface area contributed by atoms with E-state index in [4.69, 9.17) is 27.4 Å². The fourth-order valence-corrected chi connectivity index (χ4v) is 2.40. The topological polar surface area (TPSA) is 85.6 Å². The Morgan fingerprint density at radius 3 is 2.43 bits per heavy atom.